The van der Waals surface area contributed by atoms with Gasteiger partial charge < -0.3 is 10.4 Å². The predicted molar refractivity (Wildman–Crippen MR) is 91.9 cm³/mol. The van der Waals surface area contributed by atoms with E-state index in [9.17, 15) is 18.0 Å². The molecule has 0 spiro atoms. The van der Waals surface area contributed by atoms with Crippen molar-refractivity contribution < 1.29 is 23.1 Å². The van der Waals surface area contributed by atoms with Gasteiger partial charge in [-0.25, -0.2) is 12.4 Å². The molecule has 25 heavy (non-hydrogen) atoms. The Morgan fingerprint density at radius 1 is 1.16 bits per heavy atom. The van der Waals surface area contributed by atoms with Gasteiger partial charge in [0.2, 0.25) is 0 Å². The lowest BCUT2D eigenvalue weighted by molar-refractivity contribution is -0.146. The van der Waals surface area contributed by atoms with Gasteiger partial charge in [-0.1, -0.05) is 17.7 Å². The van der Waals surface area contributed by atoms with Gasteiger partial charge in [0.15, 0.2) is 0 Å². The second-order valence-corrected chi connectivity index (χ2v) is 8.26. The van der Waals surface area contributed by atoms with Crippen LogP contribution in [-0.4, -0.2) is 35.9 Å². The van der Waals surface area contributed by atoms with Gasteiger partial charge in [-0.2, -0.15) is 0 Å². The number of rotatable bonds is 6. The van der Waals surface area contributed by atoms with E-state index in [2.05, 4.69) is 5.32 Å². The van der Waals surface area contributed by atoms with Crippen LogP contribution in [0.2, 0.25) is 0 Å². The Hall–Kier alpha value is -2.61. The van der Waals surface area contributed by atoms with Crippen molar-refractivity contribution in [3.8, 4) is 0 Å². The molecular weight excluding hydrogens is 344 g/mol. The number of nitrogens with zero attached hydrogens (tertiary/aromatic N) is 1. The third kappa shape index (κ3) is 4.08. The highest BCUT2D eigenvalue weighted by Crippen LogP contribution is 2.17. The normalized spacial score (nSPS) is 12.0. The third-order valence-electron chi connectivity index (χ3n) is 3.80. The van der Waals surface area contributed by atoms with Crippen molar-refractivity contribution in [2.45, 2.75) is 25.7 Å². The molecule has 0 aliphatic rings. The predicted octanol–water partition coefficient (Wildman–Crippen LogP) is 1.87. The van der Waals surface area contributed by atoms with Crippen LogP contribution in [0.25, 0.3) is 0 Å². The van der Waals surface area contributed by atoms with Crippen LogP contribution in [0, 0.1) is 12.3 Å². The molecule has 1 amide bonds. The highest BCUT2D eigenvalue weighted by Gasteiger charge is 2.28. The van der Waals surface area contributed by atoms with E-state index in [1.54, 1.807) is 12.1 Å². The van der Waals surface area contributed by atoms with Crippen LogP contribution in [0.5, 0.6) is 0 Å². The average Bonchev–Trinajstić information content (AvgIpc) is 3.04. The van der Waals surface area contributed by atoms with E-state index in [-0.39, 0.29) is 17.0 Å². The van der Waals surface area contributed by atoms with Crippen molar-refractivity contribution >= 4 is 21.9 Å². The summed E-state index contributed by atoms with van der Waals surface area (Å²) in [6.07, 6.45) is 2.49. The third-order valence-corrected chi connectivity index (χ3v) is 5.45. The number of aliphatic carboxylic acids is 1. The molecule has 1 aromatic carbocycles. The van der Waals surface area contributed by atoms with Gasteiger partial charge in [0.25, 0.3) is 15.9 Å². The lowest BCUT2D eigenvalue weighted by atomic mass is 9.94. The van der Waals surface area contributed by atoms with E-state index >= 15 is 0 Å². The maximum absolute atomic E-state index is 12.5. The molecule has 0 radical (unpaired) electrons. The summed E-state index contributed by atoms with van der Waals surface area (Å²) in [5.41, 5.74) is -0.0453. The number of hydrogen-bond acceptors (Lipinski definition) is 4. The van der Waals surface area contributed by atoms with E-state index in [1.165, 1.54) is 44.4 Å². The van der Waals surface area contributed by atoms with Gasteiger partial charge >= 0.3 is 5.97 Å². The summed E-state index contributed by atoms with van der Waals surface area (Å²) in [5, 5.41) is 11.6. The van der Waals surface area contributed by atoms with E-state index in [4.69, 9.17) is 5.11 Å². The number of amides is 1. The van der Waals surface area contributed by atoms with Crippen LogP contribution in [0.4, 0.5) is 0 Å². The number of carboxylic acids is 1. The van der Waals surface area contributed by atoms with Gasteiger partial charge in [-0.15, -0.1) is 0 Å². The molecule has 1 heterocycles. The zero-order valence-electron chi connectivity index (χ0n) is 14.2. The van der Waals surface area contributed by atoms with Crippen LogP contribution in [0.15, 0.2) is 47.6 Å². The summed E-state index contributed by atoms with van der Waals surface area (Å²) >= 11 is 0. The molecule has 0 unspecified atom stereocenters. The van der Waals surface area contributed by atoms with Gasteiger partial charge in [-0.05, 0) is 39.0 Å². The maximum Gasteiger partial charge on any atom is 0.310 e. The first-order valence-electron chi connectivity index (χ1n) is 7.56. The zero-order chi connectivity index (χ0) is 18.8. The lowest BCUT2D eigenvalue weighted by Gasteiger charge is -2.19. The number of carbonyl (C=O) groups is 2. The van der Waals surface area contributed by atoms with Crippen LogP contribution in [0.3, 0.4) is 0 Å². The Labute approximate surface area is 146 Å². The summed E-state index contributed by atoms with van der Waals surface area (Å²) in [4.78, 5) is 23.3. The standard InChI is InChI=1S/C17H20N2O5S/c1-12-4-6-14(7-5-12)25(23,24)19-9-8-13(10-19)15(20)18-11-17(2,3)16(21)22/h4-10H,11H2,1-3H3,(H,18,20)(H,21,22). The number of aryl methyl sites for hydroxylation is 1. The number of carbonyl (C=O) groups excluding carboxylic acids is 1. The molecule has 134 valence electrons. The maximum atomic E-state index is 12.5. The number of aromatic nitrogens is 1. The number of benzene rings is 1. The summed E-state index contributed by atoms with van der Waals surface area (Å²) in [5.74, 6) is -1.57. The van der Waals surface area contributed by atoms with Crippen molar-refractivity contribution in [2.75, 3.05) is 6.54 Å². The molecule has 2 rings (SSSR count). The van der Waals surface area contributed by atoms with Crippen molar-refractivity contribution in [2.24, 2.45) is 5.41 Å². The second-order valence-electron chi connectivity index (χ2n) is 6.42. The molecule has 0 saturated carbocycles. The molecule has 1 aromatic heterocycles. The van der Waals surface area contributed by atoms with Crippen molar-refractivity contribution in [3.63, 3.8) is 0 Å². The Morgan fingerprint density at radius 3 is 2.32 bits per heavy atom. The molecule has 0 bridgehead atoms. The van der Waals surface area contributed by atoms with Crippen molar-refractivity contribution in [1.29, 1.82) is 0 Å². The Balaban J connectivity index is 2.18. The highest BCUT2D eigenvalue weighted by atomic mass is 32.2. The first-order chi connectivity index (χ1) is 11.5. The molecule has 7 nitrogen and oxygen atoms in total. The molecule has 0 atom stereocenters. The van der Waals surface area contributed by atoms with Crippen LogP contribution in [0.1, 0.15) is 29.8 Å². The molecule has 0 fully saturated rings. The fourth-order valence-electron chi connectivity index (χ4n) is 1.97. The van der Waals surface area contributed by atoms with Crippen molar-refractivity contribution in [3.05, 3.63) is 53.9 Å². The Morgan fingerprint density at radius 2 is 1.76 bits per heavy atom. The fourth-order valence-corrected chi connectivity index (χ4v) is 3.17. The van der Waals surface area contributed by atoms with E-state index in [1.807, 2.05) is 6.92 Å². The molecule has 0 aliphatic carbocycles. The summed E-state index contributed by atoms with van der Waals surface area (Å²) in [6.45, 7) is 4.76. The largest absolute Gasteiger partial charge is 0.481 e. The minimum absolute atomic E-state index is 0.0724. The molecule has 0 saturated heterocycles. The smallest absolute Gasteiger partial charge is 0.310 e. The van der Waals surface area contributed by atoms with Gasteiger partial charge in [-0.3, -0.25) is 9.59 Å². The number of hydrogen-bond donors (Lipinski definition) is 2. The van der Waals surface area contributed by atoms with E-state index < -0.39 is 27.3 Å². The van der Waals surface area contributed by atoms with Crippen LogP contribution >= 0.6 is 0 Å². The minimum Gasteiger partial charge on any atom is -0.481 e. The lowest BCUT2D eigenvalue weighted by Crippen LogP contribution is -2.38. The van der Waals surface area contributed by atoms with Gasteiger partial charge in [0.1, 0.15) is 0 Å². The molecule has 2 aromatic rings. The van der Waals surface area contributed by atoms with E-state index in [0.717, 1.165) is 9.54 Å². The summed E-state index contributed by atoms with van der Waals surface area (Å²) in [7, 11) is -3.78. The molecule has 8 heteroatoms. The number of nitrogens with one attached hydrogen (secondary N) is 1. The molecule has 0 aliphatic heterocycles. The van der Waals surface area contributed by atoms with Crippen LogP contribution < -0.4 is 5.32 Å². The average molecular weight is 364 g/mol. The van der Waals surface area contributed by atoms with Crippen LogP contribution in [-0.2, 0) is 14.8 Å². The van der Waals surface area contributed by atoms with Gasteiger partial charge in [0, 0.05) is 18.9 Å². The Kier molecular flexibility index (Phi) is 5.03. The number of carboxylic acid groups (broad SMARTS) is 1. The first kappa shape index (κ1) is 18.7. The molecule has 2 N–H and O–H groups in total. The van der Waals surface area contributed by atoms with Gasteiger partial charge in [0.05, 0.1) is 15.9 Å². The second kappa shape index (κ2) is 6.72. The highest BCUT2D eigenvalue weighted by molar-refractivity contribution is 7.90. The first-order valence-corrected chi connectivity index (χ1v) is 9.00. The fraction of sp³-hybridized carbons (Fsp3) is 0.294. The van der Waals surface area contributed by atoms with E-state index in [0.29, 0.717) is 0 Å². The summed E-state index contributed by atoms with van der Waals surface area (Å²) < 4.78 is 26.0. The quantitative estimate of drug-likeness (QED) is 0.814. The van der Waals surface area contributed by atoms with Crippen molar-refractivity contribution in [1.82, 2.24) is 9.29 Å². The minimum atomic E-state index is -3.78. The Bertz CT molecular complexity index is 895. The topological polar surface area (TPSA) is 105 Å². The zero-order valence-corrected chi connectivity index (χ0v) is 15.0. The SMILES string of the molecule is Cc1ccc(S(=O)(=O)n2ccc(C(=O)NCC(C)(C)C(=O)O)c2)cc1. The monoisotopic (exact) mass is 364 g/mol. The summed E-state index contributed by atoms with van der Waals surface area (Å²) in [6, 6.07) is 7.75. The molecular formula is C17H20N2O5S.